The molecule has 2 aromatic rings. The standard InChI is InChI=1S/C11H12NOS.BrH/c1-8(7-13)12-9(2)14-11-6-4-3-5-10(11)12;/h3-8H,1-2H3;1H/q+1;/p-1. The summed E-state index contributed by atoms with van der Waals surface area (Å²) in [4.78, 5) is 10.8. The third kappa shape index (κ3) is 2.11. The van der Waals surface area contributed by atoms with Crippen molar-refractivity contribution in [3.8, 4) is 0 Å². The molecular weight excluding hydrogens is 274 g/mol. The predicted octanol–water partition coefficient (Wildman–Crippen LogP) is -0.739. The zero-order valence-electron chi connectivity index (χ0n) is 8.61. The zero-order chi connectivity index (χ0) is 10.1. The molecule has 80 valence electrons. The van der Waals surface area contributed by atoms with E-state index in [1.165, 1.54) is 9.71 Å². The molecule has 1 heterocycles. The van der Waals surface area contributed by atoms with Crippen molar-refractivity contribution in [2.75, 3.05) is 0 Å². The Kier molecular flexibility index (Phi) is 3.99. The van der Waals surface area contributed by atoms with Crippen LogP contribution in [0.1, 0.15) is 18.0 Å². The number of carbonyl (C=O) groups is 1. The number of para-hydroxylation sites is 1. The fraction of sp³-hybridized carbons (Fsp3) is 0.273. The smallest absolute Gasteiger partial charge is 0.235 e. The highest BCUT2D eigenvalue weighted by Gasteiger charge is 2.21. The predicted molar refractivity (Wildman–Crippen MR) is 57.5 cm³/mol. The van der Waals surface area contributed by atoms with Gasteiger partial charge in [0.2, 0.25) is 16.6 Å². The first-order valence-electron chi connectivity index (χ1n) is 4.59. The van der Waals surface area contributed by atoms with Crippen LogP contribution < -0.4 is 21.5 Å². The van der Waals surface area contributed by atoms with Gasteiger partial charge in [-0.1, -0.05) is 23.5 Å². The first-order valence-corrected chi connectivity index (χ1v) is 5.40. The van der Waals surface area contributed by atoms with Crippen LogP contribution in [0.25, 0.3) is 10.2 Å². The van der Waals surface area contributed by atoms with Crippen LogP contribution in [-0.2, 0) is 4.79 Å². The van der Waals surface area contributed by atoms with Gasteiger partial charge in [-0.25, -0.2) is 0 Å². The van der Waals surface area contributed by atoms with Crippen molar-refractivity contribution in [3.63, 3.8) is 0 Å². The molecule has 2 rings (SSSR count). The van der Waals surface area contributed by atoms with Gasteiger partial charge in [0.25, 0.3) is 0 Å². The molecule has 0 fully saturated rings. The van der Waals surface area contributed by atoms with E-state index in [0.717, 1.165) is 11.8 Å². The van der Waals surface area contributed by atoms with Crippen molar-refractivity contribution in [2.24, 2.45) is 0 Å². The first kappa shape index (κ1) is 12.3. The number of benzene rings is 1. The lowest BCUT2D eigenvalue weighted by Crippen LogP contribution is -3.00. The van der Waals surface area contributed by atoms with Gasteiger partial charge in [-0.3, -0.25) is 4.79 Å². The van der Waals surface area contributed by atoms with Gasteiger partial charge in [-0.15, -0.1) is 0 Å². The number of thiazole rings is 1. The molecular formula is C11H12BrNOS. The molecule has 0 bridgehead atoms. The van der Waals surface area contributed by atoms with Crippen molar-refractivity contribution in [1.29, 1.82) is 0 Å². The molecule has 0 aliphatic carbocycles. The molecule has 15 heavy (non-hydrogen) atoms. The topological polar surface area (TPSA) is 20.9 Å². The molecule has 2 nitrogen and oxygen atoms in total. The lowest BCUT2D eigenvalue weighted by Gasteiger charge is -1.97. The highest BCUT2D eigenvalue weighted by Crippen LogP contribution is 2.20. The lowest BCUT2D eigenvalue weighted by molar-refractivity contribution is -0.680. The number of fused-ring (bicyclic) bond motifs is 1. The van der Waals surface area contributed by atoms with Gasteiger partial charge in [-0.2, -0.15) is 4.57 Å². The fourth-order valence-electron chi connectivity index (χ4n) is 1.69. The van der Waals surface area contributed by atoms with Gasteiger partial charge in [0.15, 0.2) is 6.29 Å². The number of hydrogen-bond acceptors (Lipinski definition) is 2. The number of carbonyl (C=O) groups excluding carboxylic acids is 1. The minimum atomic E-state index is -0.0776. The summed E-state index contributed by atoms with van der Waals surface area (Å²) >= 11 is 1.73. The highest BCUT2D eigenvalue weighted by atomic mass is 79.9. The van der Waals surface area contributed by atoms with E-state index in [-0.39, 0.29) is 23.0 Å². The van der Waals surface area contributed by atoms with Crippen molar-refractivity contribution in [3.05, 3.63) is 29.3 Å². The summed E-state index contributed by atoms with van der Waals surface area (Å²) in [6.45, 7) is 3.96. The molecule has 0 aliphatic heterocycles. The monoisotopic (exact) mass is 285 g/mol. The summed E-state index contributed by atoms with van der Waals surface area (Å²) in [5.41, 5.74) is 1.15. The van der Waals surface area contributed by atoms with E-state index in [9.17, 15) is 4.79 Å². The second-order valence-electron chi connectivity index (χ2n) is 3.34. The Morgan fingerprint density at radius 1 is 1.40 bits per heavy atom. The maximum atomic E-state index is 10.8. The Bertz CT molecular complexity index is 480. The summed E-state index contributed by atoms with van der Waals surface area (Å²) in [5, 5.41) is 1.17. The van der Waals surface area contributed by atoms with E-state index in [0.29, 0.717) is 0 Å². The van der Waals surface area contributed by atoms with E-state index in [1.54, 1.807) is 11.3 Å². The Morgan fingerprint density at radius 2 is 2.07 bits per heavy atom. The minimum Gasteiger partial charge on any atom is -1.00 e. The fourth-order valence-corrected chi connectivity index (χ4v) is 2.79. The molecule has 0 spiro atoms. The van der Waals surface area contributed by atoms with Gasteiger partial charge < -0.3 is 17.0 Å². The molecule has 1 atom stereocenters. The van der Waals surface area contributed by atoms with Crippen LogP contribution in [0.5, 0.6) is 0 Å². The SMILES string of the molecule is Cc1sc2ccccc2[n+]1C(C)C=O.[Br-]. The second kappa shape index (κ2) is 4.86. The molecule has 1 aromatic heterocycles. The number of halogens is 1. The van der Waals surface area contributed by atoms with Crippen LogP contribution in [0, 0.1) is 6.92 Å². The molecule has 1 unspecified atom stereocenters. The first-order chi connectivity index (χ1) is 6.74. The summed E-state index contributed by atoms with van der Waals surface area (Å²) < 4.78 is 3.31. The van der Waals surface area contributed by atoms with Gasteiger partial charge in [0.1, 0.15) is 4.70 Å². The van der Waals surface area contributed by atoms with Crippen molar-refractivity contribution in [2.45, 2.75) is 19.9 Å². The van der Waals surface area contributed by atoms with Gasteiger partial charge in [0, 0.05) is 19.9 Å². The number of aromatic nitrogens is 1. The molecule has 0 saturated carbocycles. The van der Waals surface area contributed by atoms with Crippen LogP contribution in [-0.4, -0.2) is 6.29 Å². The molecule has 0 aliphatic rings. The van der Waals surface area contributed by atoms with Crippen molar-refractivity contribution < 1.29 is 26.3 Å². The number of nitrogens with zero attached hydrogens (tertiary/aromatic N) is 1. The highest BCUT2D eigenvalue weighted by molar-refractivity contribution is 7.18. The maximum absolute atomic E-state index is 10.8. The van der Waals surface area contributed by atoms with Crippen LogP contribution in [0.15, 0.2) is 24.3 Å². The number of hydrogen-bond donors (Lipinski definition) is 0. The summed E-state index contributed by atoms with van der Waals surface area (Å²) in [6, 6.07) is 8.09. The molecule has 0 amide bonds. The van der Waals surface area contributed by atoms with E-state index >= 15 is 0 Å². The average Bonchev–Trinajstić information content (AvgIpc) is 2.53. The maximum Gasteiger partial charge on any atom is 0.235 e. The summed E-state index contributed by atoms with van der Waals surface area (Å²) in [5.74, 6) is 0. The van der Waals surface area contributed by atoms with Crippen LogP contribution in [0.2, 0.25) is 0 Å². The Hall–Kier alpha value is -0.740. The van der Waals surface area contributed by atoms with E-state index < -0.39 is 0 Å². The van der Waals surface area contributed by atoms with E-state index in [4.69, 9.17) is 0 Å². The van der Waals surface area contributed by atoms with Gasteiger partial charge in [0.05, 0.1) is 0 Å². The molecule has 0 radical (unpaired) electrons. The van der Waals surface area contributed by atoms with E-state index in [2.05, 4.69) is 16.7 Å². The molecule has 1 aromatic carbocycles. The Balaban J connectivity index is 0.00000112. The van der Waals surface area contributed by atoms with Gasteiger partial charge in [-0.05, 0) is 6.07 Å². The van der Waals surface area contributed by atoms with Crippen LogP contribution >= 0.6 is 11.3 Å². The number of aldehydes is 1. The third-order valence-electron chi connectivity index (χ3n) is 2.33. The van der Waals surface area contributed by atoms with Crippen LogP contribution in [0.4, 0.5) is 0 Å². The largest absolute Gasteiger partial charge is 1.00 e. The Labute approximate surface area is 103 Å². The van der Waals surface area contributed by atoms with Gasteiger partial charge >= 0.3 is 0 Å². The minimum absolute atomic E-state index is 0. The zero-order valence-corrected chi connectivity index (χ0v) is 11.0. The Morgan fingerprint density at radius 3 is 2.73 bits per heavy atom. The third-order valence-corrected chi connectivity index (χ3v) is 3.38. The summed E-state index contributed by atoms with van der Waals surface area (Å²) in [6.07, 6.45) is 0.978. The molecule has 0 saturated heterocycles. The van der Waals surface area contributed by atoms with Crippen molar-refractivity contribution >= 4 is 27.8 Å². The van der Waals surface area contributed by atoms with Crippen LogP contribution in [0.3, 0.4) is 0 Å². The molecule has 4 heteroatoms. The normalized spacial score (nSPS) is 12.1. The van der Waals surface area contributed by atoms with E-state index in [1.807, 2.05) is 26.0 Å². The second-order valence-corrected chi connectivity index (χ2v) is 4.57. The summed E-state index contributed by atoms with van der Waals surface area (Å²) in [7, 11) is 0. The lowest BCUT2D eigenvalue weighted by atomic mass is 10.3. The number of aryl methyl sites for hydroxylation is 1. The molecule has 0 N–H and O–H groups in total. The average molecular weight is 286 g/mol. The van der Waals surface area contributed by atoms with Crippen molar-refractivity contribution in [1.82, 2.24) is 0 Å². The number of rotatable bonds is 2. The quantitative estimate of drug-likeness (QED) is 0.526.